The molecule has 0 saturated heterocycles. The number of rotatable bonds is 5. The smallest absolute Gasteiger partial charge is 0.241 e. The zero-order valence-corrected chi connectivity index (χ0v) is 11.9. The number of para-hydroxylation sites is 2. The molecular formula is C16H15N5O. The van der Waals surface area contributed by atoms with Crippen LogP contribution in [-0.4, -0.2) is 26.7 Å². The van der Waals surface area contributed by atoms with Crippen molar-refractivity contribution in [3.8, 4) is 0 Å². The van der Waals surface area contributed by atoms with Crippen molar-refractivity contribution in [2.75, 3.05) is 0 Å². The third-order valence-corrected chi connectivity index (χ3v) is 3.18. The molecule has 0 fully saturated rings. The normalized spacial score (nSPS) is 11.1. The van der Waals surface area contributed by atoms with Crippen LogP contribution in [0.5, 0.6) is 0 Å². The monoisotopic (exact) mass is 293 g/mol. The number of carbonyl (C=O) groups excluding carboxylic acids is 1. The minimum atomic E-state index is -0.148. The van der Waals surface area contributed by atoms with Gasteiger partial charge in [-0.25, -0.2) is 10.4 Å². The van der Waals surface area contributed by atoms with Gasteiger partial charge in [-0.05, 0) is 24.3 Å². The van der Waals surface area contributed by atoms with E-state index in [0.29, 0.717) is 18.7 Å². The summed E-state index contributed by atoms with van der Waals surface area (Å²) in [7, 11) is 0. The number of imidazole rings is 1. The molecule has 0 aliphatic rings. The molecule has 2 aromatic heterocycles. The summed E-state index contributed by atoms with van der Waals surface area (Å²) in [4.78, 5) is 20.2. The fraction of sp³-hybridized carbons (Fsp3) is 0.125. The number of benzene rings is 1. The largest absolute Gasteiger partial charge is 0.330 e. The van der Waals surface area contributed by atoms with Gasteiger partial charge in [-0.1, -0.05) is 18.2 Å². The lowest BCUT2D eigenvalue weighted by atomic mass is 10.3. The number of hydrogen-bond donors (Lipinski definition) is 1. The summed E-state index contributed by atoms with van der Waals surface area (Å²) in [5.74, 6) is -0.148. The molecule has 22 heavy (non-hydrogen) atoms. The van der Waals surface area contributed by atoms with E-state index in [2.05, 4.69) is 20.5 Å². The molecule has 3 aromatic rings. The molecule has 1 aromatic carbocycles. The summed E-state index contributed by atoms with van der Waals surface area (Å²) in [6.07, 6.45) is 5.27. The average molecular weight is 293 g/mol. The Morgan fingerprint density at radius 1 is 1.18 bits per heavy atom. The summed E-state index contributed by atoms with van der Waals surface area (Å²) in [6, 6.07) is 13.3. The van der Waals surface area contributed by atoms with E-state index in [0.717, 1.165) is 11.0 Å². The first-order chi connectivity index (χ1) is 10.8. The molecule has 0 spiro atoms. The van der Waals surface area contributed by atoms with Gasteiger partial charge in [-0.15, -0.1) is 0 Å². The van der Waals surface area contributed by atoms with E-state index in [1.165, 1.54) is 6.21 Å². The number of aryl methyl sites for hydroxylation is 1. The molecule has 2 heterocycles. The fourth-order valence-electron chi connectivity index (χ4n) is 2.09. The van der Waals surface area contributed by atoms with E-state index < -0.39 is 0 Å². The Labute approximate surface area is 127 Å². The first-order valence-corrected chi connectivity index (χ1v) is 6.96. The van der Waals surface area contributed by atoms with Crippen molar-refractivity contribution in [1.82, 2.24) is 20.0 Å². The quantitative estimate of drug-likeness (QED) is 0.577. The topological polar surface area (TPSA) is 72.2 Å². The number of aromatic nitrogens is 3. The van der Waals surface area contributed by atoms with Crippen LogP contribution in [0.1, 0.15) is 12.1 Å². The molecule has 0 bridgehead atoms. The summed E-state index contributed by atoms with van der Waals surface area (Å²) in [5, 5.41) is 3.89. The highest BCUT2D eigenvalue weighted by molar-refractivity contribution is 5.81. The van der Waals surface area contributed by atoms with Crippen molar-refractivity contribution in [1.29, 1.82) is 0 Å². The van der Waals surface area contributed by atoms with Gasteiger partial charge in [0.05, 0.1) is 29.3 Å². The molecule has 0 aliphatic heterocycles. The van der Waals surface area contributed by atoms with Crippen LogP contribution < -0.4 is 5.43 Å². The second kappa shape index (κ2) is 6.62. The Morgan fingerprint density at radius 2 is 2.05 bits per heavy atom. The van der Waals surface area contributed by atoms with Crippen LogP contribution in [-0.2, 0) is 11.3 Å². The second-order valence-electron chi connectivity index (χ2n) is 4.72. The molecular weight excluding hydrogens is 278 g/mol. The third kappa shape index (κ3) is 3.35. The number of carbonyl (C=O) groups is 1. The van der Waals surface area contributed by atoms with Crippen LogP contribution in [0.15, 0.2) is 60.1 Å². The third-order valence-electron chi connectivity index (χ3n) is 3.18. The fourth-order valence-corrected chi connectivity index (χ4v) is 2.09. The predicted molar refractivity (Wildman–Crippen MR) is 84.3 cm³/mol. The van der Waals surface area contributed by atoms with Gasteiger partial charge in [0.1, 0.15) is 0 Å². The van der Waals surface area contributed by atoms with Crippen LogP contribution in [0.2, 0.25) is 0 Å². The molecule has 3 rings (SSSR count). The predicted octanol–water partition coefficient (Wildman–Crippen LogP) is 1.97. The van der Waals surface area contributed by atoms with E-state index >= 15 is 0 Å². The summed E-state index contributed by atoms with van der Waals surface area (Å²) in [5.41, 5.74) is 5.14. The van der Waals surface area contributed by atoms with Gasteiger partial charge >= 0.3 is 0 Å². The lowest BCUT2D eigenvalue weighted by molar-refractivity contribution is -0.121. The first kappa shape index (κ1) is 13.9. The summed E-state index contributed by atoms with van der Waals surface area (Å²) < 4.78 is 1.96. The SMILES string of the molecule is O=C(CCn1cnc2ccccc21)N/N=C\c1ccccn1. The van der Waals surface area contributed by atoms with E-state index in [4.69, 9.17) is 0 Å². The van der Waals surface area contributed by atoms with Crippen LogP contribution in [0.4, 0.5) is 0 Å². The molecule has 0 atom stereocenters. The number of amides is 1. The van der Waals surface area contributed by atoms with E-state index in [-0.39, 0.29) is 5.91 Å². The van der Waals surface area contributed by atoms with Gasteiger partial charge in [0, 0.05) is 19.2 Å². The van der Waals surface area contributed by atoms with Gasteiger partial charge in [0.2, 0.25) is 5.91 Å². The van der Waals surface area contributed by atoms with Gasteiger partial charge in [0.25, 0.3) is 0 Å². The summed E-state index contributed by atoms with van der Waals surface area (Å²) in [6.45, 7) is 0.561. The number of hydrazone groups is 1. The minimum absolute atomic E-state index is 0.148. The Bertz CT molecular complexity index is 794. The molecule has 110 valence electrons. The molecule has 1 amide bonds. The molecule has 6 nitrogen and oxygen atoms in total. The summed E-state index contributed by atoms with van der Waals surface area (Å²) >= 11 is 0. The highest BCUT2D eigenvalue weighted by Crippen LogP contribution is 2.11. The van der Waals surface area contributed by atoms with E-state index in [1.807, 2.05) is 47.0 Å². The van der Waals surface area contributed by atoms with E-state index in [1.54, 1.807) is 12.5 Å². The Morgan fingerprint density at radius 3 is 2.91 bits per heavy atom. The van der Waals surface area contributed by atoms with Crippen LogP contribution >= 0.6 is 0 Å². The lowest BCUT2D eigenvalue weighted by Gasteiger charge is -2.03. The molecule has 0 radical (unpaired) electrons. The Balaban J connectivity index is 1.53. The average Bonchev–Trinajstić information content (AvgIpc) is 2.97. The first-order valence-electron chi connectivity index (χ1n) is 6.96. The number of fused-ring (bicyclic) bond motifs is 1. The highest BCUT2D eigenvalue weighted by Gasteiger charge is 2.04. The van der Waals surface area contributed by atoms with Gasteiger partial charge in [-0.2, -0.15) is 5.10 Å². The maximum atomic E-state index is 11.8. The molecule has 0 aliphatic carbocycles. The molecule has 1 N–H and O–H groups in total. The van der Waals surface area contributed by atoms with Crippen molar-refractivity contribution >= 4 is 23.2 Å². The van der Waals surface area contributed by atoms with Crippen molar-refractivity contribution < 1.29 is 4.79 Å². The lowest BCUT2D eigenvalue weighted by Crippen LogP contribution is -2.19. The number of pyridine rings is 1. The molecule has 0 unspecified atom stereocenters. The van der Waals surface area contributed by atoms with Gasteiger partial charge < -0.3 is 4.57 Å². The second-order valence-corrected chi connectivity index (χ2v) is 4.72. The van der Waals surface area contributed by atoms with Crippen LogP contribution in [0.3, 0.4) is 0 Å². The highest BCUT2D eigenvalue weighted by atomic mass is 16.2. The van der Waals surface area contributed by atoms with Crippen molar-refractivity contribution in [2.24, 2.45) is 5.10 Å². The van der Waals surface area contributed by atoms with Crippen LogP contribution in [0, 0.1) is 0 Å². The number of nitrogens with zero attached hydrogens (tertiary/aromatic N) is 4. The Hall–Kier alpha value is -3.02. The van der Waals surface area contributed by atoms with Crippen molar-refractivity contribution in [3.05, 3.63) is 60.7 Å². The van der Waals surface area contributed by atoms with E-state index in [9.17, 15) is 4.79 Å². The standard InChI is InChI=1S/C16H15N5O/c22-16(20-19-11-13-5-3-4-9-17-13)8-10-21-12-18-14-6-1-2-7-15(14)21/h1-7,9,11-12H,8,10H2,(H,20,22)/b19-11-. The van der Waals surface area contributed by atoms with Gasteiger partial charge in [-0.3, -0.25) is 9.78 Å². The zero-order valence-electron chi connectivity index (χ0n) is 11.9. The number of nitrogens with one attached hydrogen (secondary N) is 1. The number of hydrogen-bond acceptors (Lipinski definition) is 4. The Kier molecular flexibility index (Phi) is 4.20. The maximum absolute atomic E-state index is 11.8. The molecule has 6 heteroatoms. The van der Waals surface area contributed by atoms with Crippen molar-refractivity contribution in [3.63, 3.8) is 0 Å². The van der Waals surface area contributed by atoms with Crippen molar-refractivity contribution in [2.45, 2.75) is 13.0 Å². The maximum Gasteiger partial charge on any atom is 0.241 e. The molecule has 0 saturated carbocycles. The zero-order chi connectivity index (χ0) is 15.2. The minimum Gasteiger partial charge on any atom is -0.330 e. The van der Waals surface area contributed by atoms with Gasteiger partial charge in [0.15, 0.2) is 0 Å². The van der Waals surface area contributed by atoms with Crippen LogP contribution in [0.25, 0.3) is 11.0 Å².